The van der Waals surface area contributed by atoms with E-state index < -0.39 is 27.9 Å². The fraction of sp³-hybridized carbons (Fsp3) is 0.400. The van der Waals surface area contributed by atoms with Crippen molar-refractivity contribution in [1.29, 1.82) is 0 Å². The van der Waals surface area contributed by atoms with Crippen LogP contribution in [-0.2, 0) is 21.9 Å². The van der Waals surface area contributed by atoms with Crippen molar-refractivity contribution in [2.75, 3.05) is 0 Å². The maximum Gasteiger partial charge on any atom is 0.352 e. The zero-order valence-electron chi connectivity index (χ0n) is 10.5. The quantitative estimate of drug-likeness (QED) is 0.635. The highest BCUT2D eigenvalue weighted by molar-refractivity contribution is 7.89. The average molecular weight is 289 g/mol. The van der Waals surface area contributed by atoms with Gasteiger partial charge < -0.3 is 15.4 Å². The van der Waals surface area contributed by atoms with Crippen molar-refractivity contribution in [3.8, 4) is 0 Å². The molecular formula is C10H15N3O5S. The topological polar surface area (TPSA) is 131 Å². The number of aryl methyl sites for hydroxylation is 1. The first-order valence-electron chi connectivity index (χ1n) is 5.33. The fourth-order valence-corrected chi connectivity index (χ4v) is 2.88. The van der Waals surface area contributed by atoms with Crippen LogP contribution < -0.4 is 10.5 Å². The lowest BCUT2D eigenvalue weighted by molar-refractivity contribution is -0.118. The van der Waals surface area contributed by atoms with Crippen LogP contribution in [0.4, 0.5) is 0 Å². The van der Waals surface area contributed by atoms with Gasteiger partial charge in [-0.1, -0.05) is 0 Å². The van der Waals surface area contributed by atoms with E-state index in [0.717, 1.165) is 6.07 Å². The van der Waals surface area contributed by atoms with Crippen LogP contribution in [0.1, 0.15) is 23.8 Å². The van der Waals surface area contributed by atoms with E-state index in [4.69, 9.17) is 10.8 Å². The molecule has 1 amide bonds. The van der Waals surface area contributed by atoms with Crippen LogP contribution in [0, 0.1) is 0 Å². The molecule has 8 nitrogen and oxygen atoms in total. The number of nitrogens with one attached hydrogen (secondary N) is 1. The number of carboxylic acids is 1. The Morgan fingerprint density at radius 1 is 1.53 bits per heavy atom. The summed E-state index contributed by atoms with van der Waals surface area (Å²) in [4.78, 5) is 21.3. The third-order valence-corrected chi connectivity index (χ3v) is 3.93. The second-order valence-corrected chi connectivity index (χ2v) is 5.88. The molecule has 106 valence electrons. The van der Waals surface area contributed by atoms with E-state index in [-0.39, 0.29) is 17.0 Å². The summed E-state index contributed by atoms with van der Waals surface area (Å²) in [5, 5.41) is 8.85. The van der Waals surface area contributed by atoms with Gasteiger partial charge >= 0.3 is 5.97 Å². The molecule has 0 aliphatic heterocycles. The lowest BCUT2D eigenvalue weighted by Crippen LogP contribution is -2.35. The molecule has 1 rings (SSSR count). The number of carbonyl (C=O) groups is 2. The Morgan fingerprint density at radius 3 is 2.53 bits per heavy atom. The highest BCUT2D eigenvalue weighted by Crippen LogP contribution is 2.14. The second-order valence-electron chi connectivity index (χ2n) is 4.17. The minimum absolute atomic E-state index is 0.141. The zero-order valence-corrected chi connectivity index (χ0v) is 11.3. The number of hydrogen-bond donors (Lipinski definition) is 3. The van der Waals surface area contributed by atoms with Crippen molar-refractivity contribution < 1.29 is 23.1 Å². The summed E-state index contributed by atoms with van der Waals surface area (Å²) in [6.07, 6.45) is 1.04. The zero-order chi connectivity index (χ0) is 14.8. The van der Waals surface area contributed by atoms with Gasteiger partial charge in [-0.2, -0.15) is 0 Å². The highest BCUT2D eigenvalue weighted by Gasteiger charge is 2.22. The largest absolute Gasteiger partial charge is 0.477 e. The summed E-state index contributed by atoms with van der Waals surface area (Å²) in [5.41, 5.74) is 4.81. The van der Waals surface area contributed by atoms with Gasteiger partial charge in [0.1, 0.15) is 10.6 Å². The molecule has 0 saturated heterocycles. The summed E-state index contributed by atoms with van der Waals surface area (Å²) in [5.74, 6) is -1.86. The van der Waals surface area contributed by atoms with E-state index in [1.807, 2.05) is 0 Å². The summed E-state index contributed by atoms with van der Waals surface area (Å²) in [7, 11) is -2.46. The van der Waals surface area contributed by atoms with E-state index in [2.05, 4.69) is 4.72 Å². The molecular weight excluding hydrogens is 274 g/mol. The van der Waals surface area contributed by atoms with Gasteiger partial charge in [-0.3, -0.25) is 4.79 Å². The maximum atomic E-state index is 11.9. The molecule has 0 aliphatic carbocycles. The van der Waals surface area contributed by atoms with Crippen LogP contribution in [0.5, 0.6) is 0 Å². The minimum atomic E-state index is -3.88. The Labute approximate surface area is 110 Å². The number of amides is 1. The van der Waals surface area contributed by atoms with Gasteiger partial charge in [0.2, 0.25) is 15.9 Å². The number of rotatable bonds is 6. The molecule has 0 aromatic carbocycles. The number of carboxylic acid groups (broad SMARTS) is 1. The SMILES string of the molecule is CC(CC(N)=O)NS(=O)(=O)c1cc(C(=O)O)n(C)c1. The van der Waals surface area contributed by atoms with Crippen LogP contribution in [0.25, 0.3) is 0 Å². The monoisotopic (exact) mass is 289 g/mol. The Kier molecular flexibility index (Phi) is 4.32. The van der Waals surface area contributed by atoms with Crippen LogP contribution in [0.15, 0.2) is 17.2 Å². The molecule has 0 radical (unpaired) electrons. The van der Waals surface area contributed by atoms with Crippen LogP contribution in [0.3, 0.4) is 0 Å². The molecule has 9 heteroatoms. The van der Waals surface area contributed by atoms with E-state index in [9.17, 15) is 18.0 Å². The summed E-state index contributed by atoms with van der Waals surface area (Å²) >= 11 is 0. The van der Waals surface area contributed by atoms with Crippen molar-refractivity contribution in [3.05, 3.63) is 18.0 Å². The summed E-state index contributed by atoms with van der Waals surface area (Å²) < 4.78 is 27.3. The molecule has 1 aromatic heterocycles. The Balaban J connectivity index is 2.98. The lowest BCUT2D eigenvalue weighted by atomic mass is 10.2. The standard InChI is InChI=1S/C10H15N3O5S/c1-6(3-9(11)14)12-19(17,18)7-4-8(10(15)16)13(2)5-7/h4-6,12H,3H2,1-2H3,(H2,11,14)(H,15,16). The Hall–Kier alpha value is -1.87. The summed E-state index contributed by atoms with van der Waals surface area (Å²) in [6.45, 7) is 1.49. The fourth-order valence-electron chi connectivity index (χ4n) is 1.57. The third kappa shape index (κ3) is 3.80. The number of nitrogens with zero attached hydrogens (tertiary/aromatic N) is 1. The molecule has 19 heavy (non-hydrogen) atoms. The first-order valence-corrected chi connectivity index (χ1v) is 6.82. The summed E-state index contributed by atoms with van der Waals surface area (Å²) in [6, 6.07) is 0.373. The van der Waals surface area contributed by atoms with Gasteiger partial charge in [0.05, 0.1) is 0 Å². The number of primary amides is 1. The third-order valence-electron chi connectivity index (χ3n) is 2.37. The number of carbonyl (C=O) groups excluding carboxylic acids is 1. The number of sulfonamides is 1. The van der Waals surface area contributed by atoms with Crippen LogP contribution >= 0.6 is 0 Å². The average Bonchev–Trinajstić information content (AvgIpc) is 2.58. The first kappa shape index (κ1) is 15.2. The van der Waals surface area contributed by atoms with Crippen molar-refractivity contribution in [3.63, 3.8) is 0 Å². The number of hydrogen-bond acceptors (Lipinski definition) is 4. The smallest absolute Gasteiger partial charge is 0.352 e. The normalized spacial score (nSPS) is 13.2. The van der Waals surface area contributed by atoms with Crippen molar-refractivity contribution in [1.82, 2.24) is 9.29 Å². The number of nitrogens with two attached hydrogens (primary N) is 1. The Morgan fingerprint density at radius 2 is 2.11 bits per heavy atom. The predicted molar refractivity (Wildman–Crippen MR) is 66.0 cm³/mol. The number of aromatic carboxylic acids is 1. The van der Waals surface area contributed by atoms with Gasteiger partial charge in [-0.25, -0.2) is 17.9 Å². The maximum absolute atomic E-state index is 11.9. The van der Waals surface area contributed by atoms with Gasteiger partial charge in [-0.15, -0.1) is 0 Å². The molecule has 0 aliphatic rings. The minimum Gasteiger partial charge on any atom is -0.477 e. The van der Waals surface area contributed by atoms with Gasteiger partial charge in [0.15, 0.2) is 0 Å². The van der Waals surface area contributed by atoms with Crippen molar-refractivity contribution in [2.24, 2.45) is 12.8 Å². The second kappa shape index (κ2) is 5.41. The van der Waals surface area contributed by atoms with Crippen molar-refractivity contribution in [2.45, 2.75) is 24.3 Å². The van der Waals surface area contributed by atoms with E-state index in [1.54, 1.807) is 0 Å². The van der Waals surface area contributed by atoms with E-state index >= 15 is 0 Å². The first-order chi connectivity index (χ1) is 8.63. The predicted octanol–water partition coefficient (Wildman–Crippen LogP) is -0.734. The Bertz CT molecular complexity index is 605. The molecule has 0 saturated carbocycles. The molecule has 1 unspecified atom stereocenters. The molecule has 1 heterocycles. The van der Waals surface area contributed by atoms with Gasteiger partial charge in [0, 0.05) is 25.7 Å². The number of aromatic nitrogens is 1. The van der Waals surface area contributed by atoms with E-state index in [0.29, 0.717) is 0 Å². The molecule has 1 aromatic rings. The van der Waals surface area contributed by atoms with Crippen LogP contribution in [-0.4, -0.2) is 36.0 Å². The molecule has 0 bridgehead atoms. The lowest BCUT2D eigenvalue weighted by Gasteiger charge is -2.11. The van der Waals surface area contributed by atoms with Crippen molar-refractivity contribution >= 4 is 21.9 Å². The molecule has 4 N–H and O–H groups in total. The van der Waals surface area contributed by atoms with E-state index in [1.165, 1.54) is 24.7 Å². The molecule has 0 fully saturated rings. The van der Waals surface area contributed by atoms with Gasteiger partial charge in [0.25, 0.3) is 0 Å². The van der Waals surface area contributed by atoms with Gasteiger partial charge in [-0.05, 0) is 13.0 Å². The highest BCUT2D eigenvalue weighted by atomic mass is 32.2. The molecule has 0 spiro atoms. The molecule has 1 atom stereocenters. The van der Waals surface area contributed by atoms with Crippen LogP contribution in [0.2, 0.25) is 0 Å².